The van der Waals surface area contributed by atoms with Crippen LogP contribution in [0, 0.1) is 6.92 Å². The fourth-order valence-electron chi connectivity index (χ4n) is 6.26. The molecule has 2 aromatic rings. The molecule has 3 fully saturated rings. The first-order valence-electron chi connectivity index (χ1n) is 14.8. The maximum Gasteiger partial charge on any atom is 0.410 e. The highest BCUT2D eigenvalue weighted by Crippen LogP contribution is 2.44. The zero-order valence-corrected chi connectivity index (χ0v) is 25.9. The SMILES string of the molecule is Cc1nc(C2CCN(C3CN(C(=O)OC(C)(C)C)C3)CC2)cc2c1OC(C)c1c(ncnc1N1CCS(=O)(=O)CC1)N2. The van der Waals surface area contributed by atoms with Crippen molar-refractivity contribution in [2.75, 3.05) is 61.0 Å². The lowest BCUT2D eigenvalue weighted by atomic mass is 9.91. The second-order valence-electron chi connectivity index (χ2n) is 12.8. The van der Waals surface area contributed by atoms with Crippen LogP contribution in [0.2, 0.25) is 0 Å². The van der Waals surface area contributed by atoms with E-state index in [0.717, 1.165) is 48.6 Å². The van der Waals surface area contributed by atoms with Gasteiger partial charge in [-0.25, -0.2) is 23.2 Å². The topological polar surface area (TPSA) is 130 Å². The van der Waals surface area contributed by atoms with Gasteiger partial charge < -0.3 is 24.6 Å². The van der Waals surface area contributed by atoms with E-state index in [0.29, 0.717) is 55.5 Å². The Morgan fingerprint density at radius 3 is 2.45 bits per heavy atom. The van der Waals surface area contributed by atoms with Crippen LogP contribution in [0.15, 0.2) is 12.4 Å². The molecule has 0 saturated carbocycles. The van der Waals surface area contributed by atoms with Gasteiger partial charge in [-0.05, 0) is 66.6 Å². The van der Waals surface area contributed by atoms with Gasteiger partial charge in [0.25, 0.3) is 0 Å². The summed E-state index contributed by atoms with van der Waals surface area (Å²) in [6.45, 7) is 13.8. The number of carbonyl (C=O) groups excluding carboxylic acids is 1. The summed E-state index contributed by atoms with van der Waals surface area (Å²) >= 11 is 0. The number of hydrogen-bond donors (Lipinski definition) is 1. The molecule has 13 heteroatoms. The van der Waals surface area contributed by atoms with Crippen molar-refractivity contribution < 1.29 is 22.7 Å². The standard InChI is InChI=1S/C29H41N7O5S/c1-18-25-23(33-26-24(19(2)40-25)27(31-17-30-26)35-10-12-42(38,39)13-11-35)14-22(32-18)20-6-8-34(9-7-20)21-15-36(16-21)28(37)41-29(3,4)5/h14,17,19-21H,6-13,15-16H2,1-5H3,(H,30,31,33). The minimum absolute atomic E-state index is 0.114. The number of ether oxygens (including phenoxy) is 2. The van der Waals surface area contributed by atoms with Gasteiger partial charge >= 0.3 is 6.09 Å². The molecule has 2 aromatic heterocycles. The van der Waals surface area contributed by atoms with Gasteiger partial charge in [0.15, 0.2) is 15.6 Å². The number of aryl methyl sites for hydroxylation is 1. The van der Waals surface area contributed by atoms with Crippen LogP contribution < -0.4 is 15.0 Å². The minimum Gasteiger partial charge on any atom is -0.482 e. The predicted octanol–water partition coefficient (Wildman–Crippen LogP) is 3.41. The Morgan fingerprint density at radius 1 is 1.10 bits per heavy atom. The second kappa shape index (κ2) is 10.8. The van der Waals surface area contributed by atoms with E-state index in [1.807, 2.05) is 39.5 Å². The smallest absolute Gasteiger partial charge is 0.410 e. The maximum absolute atomic E-state index is 12.3. The number of rotatable bonds is 3. The molecule has 42 heavy (non-hydrogen) atoms. The van der Waals surface area contributed by atoms with Crippen molar-refractivity contribution >= 4 is 33.3 Å². The van der Waals surface area contributed by atoms with Gasteiger partial charge in [-0.3, -0.25) is 9.88 Å². The van der Waals surface area contributed by atoms with Crippen molar-refractivity contribution in [3.63, 3.8) is 0 Å². The summed E-state index contributed by atoms with van der Waals surface area (Å²) in [6, 6.07) is 2.47. The van der Waals surface area contributed by atoms with Crippen LogP contribution in [0.1, 0.15) is 69.5 Å². The predicted molar refractivity (Wildman–Crippen MR) is 159 cm³/mol. The highest BCUT2D eigenvalue weighted by atomic mass is 32.2. The average molecular weight is 600 g/mol. The molecule has 0 spiro atoms. The van der Waals surface area contributed by atoms with E-state index in [2.05, 4.69) is 26.3 Å². The largest absolute Gasteiger partial charge is 0.482 e. The number of pyridine rings is 1. The molecule has 0 aliphatic carbocycles. The first-order valence-corrected chi connectivity index (χ1v) is 16.7. The number of piperidine rings is 1. The van der Waals surface area contributed by atoms with Gasteiger partial charge in [-0.2, -0.15) is 0 Å². The quantitative estimate of drug-likeness (QED) is 0.557. The Kier molecular flexibility index (Phi) is 7.45. The van der Waals surface area contributed by atoms with Crippen molar-refractivity contribution in [2.45, 2.75) is 71.1 Å². The number of anilines is 3. The lowest BCUT2D eigenvalue weighted by Gasteiger charge is -2.47. The van der Waals surface area contributed by atoms with Crippen molar-refractivity contribution in [1.82, 2.24) is 24.8 Å². The zero-order chi connectivity index (χ0) is 29.8. The van der Waals surface area contributed by atoms with Gasteiger partial charge in [-0.15, -0.1) is 0 Å². The highest BCUT2D eigenvalue weighted by Gasteiger charge is 2.39. The number of aromatic nitrogens is 3. The van der Waals surface area contributed by atoms with Gasteiger partial charge in [0.2, 0.25) is 0 Å². The number of amides is 1. The van der Waals surface area contributed by atoms with E-state index in [1.54, 1.807) is 4.90 Å². The van der Waals surface area contributed by atoms with Crippen molar-refractivity contribution in [1.29, 1.82) is 0 Å². The molecule has 4 aliphatic rings. The molecule has 6 heterocycles. The normalized spacial score (nSPS) is 23.1. The number of nitrogens with zero attached hydrogens (tertiary/aromatic N) is 6. The third kappa shape index (κ3) is 5.85. The van der Waals surface area contributed by atoms with Gasteiger partial charge in [-0.1, -0.05) is 0 Å². The summed E-state index contributed by atoms with van der Waals surface area (Å²) in [7, 11) is -3.01. The van der Waals surface area contributed by atoms with E-state index in [-0.39, 0.29) is 23.7 Å². The molecule has 0 radical (unpaired) electrons. The molecular formula is C29H41N7O5S. The Morgan fingerprint density at radius 2 is 1.79 bits per heavy atom. The number of likely N-dealkylation sites (tertiary alicyclic amines) is 2. The maximum atomic E-state index is 12.3. The third-order valence-electron chi connectivity index (χ3n) is 8.60. The molecule has 4 aliphatic heterocycles. The van der Waals surface area contributed by atoms with Crippen LogP contribution in [0.4, 0.5) is 22.1 Å². The molecule has 12 nitrogen and oxygen atoms in total. The molecule has 0 bridgehead atoms. The lowest BCUT2D eigenvalue weighted by Crippen LogP contribution is -2.62. The fourth-order valence-corrected chi connectivity index (χ4v) is 7.46. The number of sulfone groups is 1. The van der Waals surface area contributed by atoms with Crippen LogP contribution in [0.5, 0.6) is 5.75 Å². The molecule has 0 aromatic carbocycles. The molecule has 1 atom stereocenters. The van der Waals surface area contributed by atoms with Crippen molar-refractivity contribution in [3.05, 3.63) is 29.3 Å². The third-order valence-corrected chi connectivity index (χ3v) is 10.2. The monoisotopic (exact) mass is 599 g/mol. The van der Waals surface area contributed by atoms with E-state index in [9.17, 15) is 13.2 Å². The molecule has 1 N–H and O–H groups in total. The fraction of sp³-hybridized carbons (Fsp3) is 0.655. The van der Waals surface area contributed by atoms with Crippen LogP contribution in [-0.4, -0.2) is 102 Å². The first kappa shape index (κ1) is 28.9. The van der Waals surface area contributed by atoms with Crippen LogP contribution in [0.25, 0.3) is 0 Å². The van der Waals surface area contributed by atoms with Crippen molar-refractivity contribution in [3.8, 4) is 5.75 Å². The molecule has 1 unspecified atom stereocenters. The summed E-state index contributed by atoms with van der Waals surface area (Å²) in [5, 5.41) is 3.51. The van der Waals surface area contributed by atoms with Gasteiger partial charge in [0.05, 0.1) is 28.5 Å². The Hall–Kier alpha value is -3.19. The minimum atomic E-state index is -3.01. The van der Waals surface area contributed by atoms with Crippen LogP contribution in [-0.2, 0) is 14.6 Å². The first-order chi connectivity index (χ1) is 19.9. The summed E-state index contributed by atoms with van der Waals surface area (Å²) in [4.78, 5) is 32.7. The molecular weight excluding hydrogens is 558 g/mol. The summed E-state index contributed by atoms with van der Waals surface area (Å²) < 4.78 is 36.0. The molecule has 228 valence electrons. The zero-order valence-electron chi connectivity index (χ0n) is 25.1. The number of nitrogens with one attached hydrogen (secondary N) is 1. The Balaban J connectivity index is 1.13. The summed E-state index contributed by atoms with van der Waals surface area (Å²) in [5.41, 5.74) is 3.04. The number of carbonyl (C=O) groups is 1. The molecule has 1 amide bonds. The van der Waals surface area contributed by atoms with E-state index < -0.39 is 15.4 Å². The van der Waals surface area contributed by atoms with Crippen molar-refractivity contribution in [2.24, 2.45) is 0 Å². The van der Waals surface area contributed by atoms with E-state index in [1.165, 1.54) is 6.33 Å². The average Bonchev–Trinajstić information content (AvgIpc) is 3.03. The van der Waals surface area contributed by atoms with Crippen LogP contribution >= 0.6 is 0 Å². The Labute approximate surface area is 247 Å². The second-order valence-corrected chi connectivity index (χ2v) is 15.1. The van der Waals surface area contributed by atoms with Gasteiger partial charge in [0.1, 0.15) is 29.7 Å². The number of fused-ring (bicyclic) bond motifs is 2. The van der Waals surface area contributed by atoms with Gasteiger partial charge in [0, 0.05) is 43.8 Å². The number of hydrogen-bond acceptors (Lipinski definition) is 11. The van der Waals surface area contributed by atoms with E-state index in [4.69, 9.17) is 14.5 Å². The molecule has 3 saturated heterocycles. The summed E-state index contributed by atoms with van der Waals surface area (Å²) in [6.07, 6.45) is 2.93. The van der Waals surface area contributed by atoms with E-state index >= 15 is 0 Å². The molecule has 6 rings (SSSR count). The van der Waals surface area contributed by atoms with Crippen LogP contribution in [0.3, 0.4) is 0 Å². The Bertz CT molecular complexity index is 1450. The lowest BCUT2D eigenvalue weighted by molar-refractivity contribution is -0.0197. The highest BCUT2D eigenvalue weighted by molar-refractivity contribution is 7.91. The summed E-state index contributed by atoms with van der Waals surface area (Å²) in [5.74, 6) is 2.63.